The summed E-state index contributed by atoms with van der Waals surface area (Å²) in [4.78, 5) is 28.1. The number of nitriles is 1. The summed E-state index contributed by atoms with van der Waals surface area (Å²) in [6, 6.07) is 14.1. The minimum absolute atomic E-state index is 0.186. The Labute approximate surface area is 177 Å². The fraction of sp³-hybridized carbons (Fsp3) is 0.261. The first kappa shape index (κ1) is 22.5. The number of amides is 2. The summed E-state index contributed by atoms with van der Waals surface area (Å²) in [5.41, 5.74) is 9.20. The summed E-state index contributed by atoms with van der Waals surface area (Å²) in [7, 11) is 0. The number of nitrogens with zero attached hydrogens (tertiary/aromatic N) is 3. The molecule has 2 rings (SSSR count). The van der Waals surface area contributed by atoms with Crippen molar-refractivity contribution >= 4 is 34.6 Å². The number of nitrogen functional groups attached to an aromatic ring is 1. The maximum absolute atomic E-state index is 12.9. The maximum atomic E-state index is 12.9. The summed E-state index contributed by atoms with van der Waals surface area (Å²) in [5.74, 6) is -1.20. The largest absolute Gasteiger partial charge is 0.399 e. The zero-order valence-electron chi connectivity index (χ0n) is 17.8. The van der Waals surface area contributed by atoms with Crippen LogP contribution in [0, 0.1) is 18.3 Å². The van der Waals surface area contributed by atoms with Crippen molar-refractivity contribution in [2.24, 2.45) is 0 Å². The van der Waals surface area contributed by atoms with Gasteiger partial charge in [0, 0.05) is 43.3 Å². The van der Waals surface area contributed by atoms with Crippen molar-refractivity contribution in [3.05, 3.63) is 59.8 Å². The fourth-order valence-corrected chi connectivity index (χ4v) is 3.07. The molecule has 0 saturated heterocycles. The van der Waals surface area contributed by atoms with Gasteiger partial charge in [-0.2, -0.15) is 5.26 Å². The van der Waals surface area contributed by atoms with E-state index in [1.54, 1.807) is 24.3 Å². The SMILES string of the molecule is CCN(CC)c1ccc(N/C=C(/C#N)C(=O)N(C(C)=O)c2ccc(N)cc2)c(C)c1. The lowest BCUT2D eigenvalue weighted by molar-refractivity contribution is -0.123. The van der Waals surface area contributed by atoms with Crippen molar-refractivity contribution < 1.29 is 9.59 Å². The number of carbonyl (C=O) groups excluding carboxylic acids is 2. The predicted octanol–water partition coefficient (Wildman–Crippen LogP) is 3.82. The first-order chi connectivity index (χ1) is 14.3. The lowest BCUT2D eigenvalue weighted by Crippen LogP contribution is -2.36. The lowest BCUT2D eigenvalue weighted by atomic mass is 10.1. The molecule has 7 heteroatoms. The quantitative estimate of drug-likeness (QED) is 0.412. The van der Waals surface area contributed by atoms with E-state index in [4.69, 9.17) is 5.73 Å². The Balaban J connectivity index is 2.28. The highest BCUT2D eigenvalue weighted by Crippen LogP contribution is 2.23. The Morgan fingerprint density at radius 3 is 2.20 bits per heavy atom. The number of hydrogen-bond donors (Lipinski definition) is 2. The lowest BCUT2D eigenvalue weighted by Gasteiger charge is -2.22. The van der Waals surface area contributed by atoms with E-state index in [0.29, 0.717) is 11.4 Å². The Morgan fingerprint density at radius 2 is 1.70 bits per heavy atom. The van der Waals surface area contributed by atoms with Crippen LogP contribution in [-0.4, -0.2) is 24.9 Å². The Kier molecular flexibility index (Phi) is 7.59. The zero-order chi connectivity index (χ0) is 22.3. The van der Waals surface area contributed by atoms with Gasteiger partial charge in [0.05, 0.1) is 5.69 Å². The molecule has 0 unspecified atom stereocenters. The summed E-state index contributed by atoms with van der Waals surface area (Å²) in [6.45, 7) is 9.23. The summed E-state index contributed by atoms with van der Waals surface area (Å²) < 4.78 is 0. The van der Waals surface area contributed by atoms with E-state index in [1.807, 2.05) is 31.2 Å². The number of anilines is 4. The minimum Gasteiger partial charge on any atom is -0.399 e. The van der Waals surface area contributed by atoms with Crippen LogP contribution >= 0.6 is 0 Å². The van der Waals surface area contributed by atoms with Crippen LogP contribution in [0.3, 0.4) is 0 Å². The van der Waals surface area contributed by atoms with Crippen LogP contribution in [0.2, 0.25) is 0 Å². The van der Waals surface area contributed by atoms with Gasteiger partial charge in [-0.3, -0.25) is 9.59 Å². The summed E-state index contributed by atoms with van der Waals surface area (Å²) in [5, 5.41) is 12.5. The van der Waals surface area contributed by atoms with E-state index < -0.39 is 11.8 Å². The Morgan fingerprint density at radius 1 is 1.10 bits per heavy atom. The van der Waals surface area contributed by atoms with Crippen molar-refractivity contribution in [3.63, 3.8) is 0 Å². The molecule has 156 valence electrons. The highest BCUT2D eigenvalue weighted by Gasteiger charge is 2.24. The van der Waals surface area contributed by atoms with Crippen molar-refractivity contribution in [1.29, 1.82) is 5.26 Å². The van der Waals surface area contributed by atoms with Crippen molar-refractivity contribution in [3.8, 4) is 6.07 Å². The molecule has 3 N–H and O–H groups in total. The molecule has 0 aliphatic carbocycles. The van der Waals surface area contributed by atoms with Gasteiger partial charge in [0.1, 0.15) is 11.6 Å². The molecule has 2 aromatic rings. The third kappa shape index (κ3) is 5.17. The number of benzene rings is 2. The van der Waals surface area contributed by atoms with Gasteiger partial charge < -0.3 is 16.0 Å². The van der Waals surface area contributed by atoms with E-state index in [2.05, 4.69) is 24.1 Å². The monoisotopic (exact) mass is 405 g/mol. The van der Waals surface area contributed by atoms with Crippen molar-refractivity contribution in [1.82, 2.24) is 0 Å². The molecule has 0 radical (unpaired) electrons. The van der Waals surface area contributed by atoms with Gasteiger partial charge in [0.25, 0.3) is 5.91 Å². The molecule has 0 spiro atoms. The number of nitrogens with two attached hydrogens (primary N) is 1. The van der Waals surface area contributed by atoms with E-state index >= 15 is 0 Å². The molecule has 0 atom stereocenters. The molecule has 0 aliphatic heterocycles. The minimum atomic E-state index is -0.709. The molecular formula is C23H27N5O2. The Bertz CT molecular complexity index is 986. The van der Waals surface area contributed by atoms with Gasteiger partial charge in [-0.15, -0.1) is 0 Å². The molecule has 0 heterocycles. The summed E-state index contributed by atoms with van der Waals surface area (Å²) in [6.07, 6.45) is 1.33. The topological polar surface area (TPSA) is 102 Å². The van der Waals surface area contributed by atoms with Gasteiger partial charge in [-0.25, -0.2) is 4.90 Å². The zero-order valence-corrected chi connectivity index (χ0v) is 17.8. The molecule has 0 saturated carbocycles. The van der Waals surface area contributed by atoms with Gasteiger partial charge in [0.15, 0.2) is 0 Å². The first-order valence-electron chi connectivity index (χ1n) is 9.75. The van der Waals surface area contributed by atoms with Gasteiger partial charge in [-0.1, -0.05) is 0 Å². The number of imide groups is 1. The van der Waals surface area contributed by atoms with Gasteiger partial charge in [0.2, 0.25) is 5.91 Å². The van der Waals surface area contributed by atoms with Crippen LogP contribution in [-0.2, 0) is 9.59 Å². The highest BCUT2D eigenvalue weighted by molar-refractivity contribution is 6.21. The number of rotatable bonds is 7. The predicted molar refractivity (Wildman–Crippen MR) is 121 cm³/mol. The standard InChI is InChI=1S/C23H27N5O2/c1-5-27(6-2)21-11-12-22(16(3)13-21)26-15-18(14-24)23(30)28(17(4)29)20-9-7-19(25)8-10-20/h7-13,15,26H,5-6,25H2,1-4H3/b18-15-. The van der Waals surface area contributed by atoms with Crippen LogP contribution in [0.1, 0.15) is 26.3 Å². The molecule has 2 aromatic carbocycles. The van der Waals surface area contributed by atoms with Crippen LogP contribution in [0.5, 0.6) is 0 Å². The third-order valence-electron chi connectivity index (χ3n) is 4.73. The molecule has 30 heavy (non-hydrogen) atoms. The number of carbonyl (C=O) groups is 2. The molecule has 2 amide bonds. The van der Waals surface area contributed by atoms with E-state index in [-0.39, 0.29) is 5.57 Å². The molecule has 0 bridgehead atoms. The molecular weight excluding hydrogens is 378 g/mol. The number of hydrogen-bond acceptors (Lipinski definition) is 6. The fourth-order valence-electron chi connectivity index (χ4n) is 3.07. The molecule has 7 nitrogen and oxygen atoms in total. The van der Waals surface area contributed by atoms with E-state index in [9.17, 15) is 14.9 Å². The van der Waals surface area contributed by atoms with E-state index in [1.165, 1.54) is 13.1 Å². The van der Waals surface area contributed by atoms with Gasteiger partial charge >= 0.3 is 0 Å². The van der Waals surface area contributed by atoms with Crippen LogP contribution in [0.25, 0.3) is 0 Å². The van der Waals surface area contributed by atoms with Crippen LogP contribution < -0.4 is 20.9 Å². The van der Waals surface area contributed by atoms with Crippen molar-refractivity contribution in [2.75, 3.05) is 33.9 Å². The average Bonchev–Trinajstić information content (AvgIpc) is 2.72. The first-order valence-corrected chi connectivity index (χ1v) is 9.75. The number of aryl methyl sites for hydroxylation is 1. The third-order valence-corrected chi connectivity index (χ3v) is 4.73. The Hall–Kier alpha value is -3.79. The second-order valence-corrected chi connectivity index (χ2v) is 6.74. The summed E-state index contributed by atoms with van der Waals surface area (Å²) >= 11 is 0. The molecule has 0 aromatic heterocycles. The maximum Gasteiger partial charge on any atom is 0.277 e. The van der Waals surface area contributed by atoms with E-state index in [0.717, 1.165) is 34.9 Å². The van der Waals surface area contributed by atoms with Crippen LogP contribution in [0.4, 0.5) is 22.7 Å². The smallest absolute Gasteiger partial charge is 0.277 e. The average molecular weight is 406 g/mol. The second-order valence-electron chi connectivity index (χ2n) is 6.74. The van der Waals surface area contributed by atoms with Crippen molar-refractivity contribution in [2.45, 2.75) is 27.7 Å². The molecule has 0 aliphatic rings. The second kappa shape index (κ2) is 10.1. The number of nitrogens with one attached hydrogen (secondary N) is 1. The normalized spacial score (nSPS) is 10.8. The molecule has 0 fully saturated rings. The van der Waals surface area contributed by atoms with Crippen LogP contribution in [0.15, 0.2) is 54.2 Å². The van der Waals surface area contributed by atoms with Gasteiger partial charge in [-0.05, 0) is 68.8 Å². The highest BCUT2D eigenvalue weighted by atomic mass is 16.2.